The van der Waals surface area contributed by atoms with Crippen molar-refractivity contribution >= 4 is 23.4 Å². The number of rotatable bonds is 8. The van der Waals surface area contributed by atoms with Crippen LogP contribution in [-0.4, -0.2) is 32.6 Å². The van der Waals surface area contributed by atoms with Gasteiger partial charge < -0.3 is 10.0 Å². The lowest BCUT2D eigenvalue weighted by molar-refractivity contribution is -0.384. The van der Waals surface area contributed by atoms with Gasteiger partial charge in [-0.15, -0.1) is 11.8 Å². The highest BCUT2D eigenvalue weighted by molar-refractivity contribution is 8.00. The van der Waals surface area contributed by atoms with Crippen molar-refractivity contribution in [2.24, 2.45) is 0 Å². The van der Waals surface area contributed by atoms with Crippen molar-refractivity contribution in [3.63, 3.8) is 0 Å². The summed E-state index contributed by atoms with van der Waals surface area (Å²) in [6, 6.07) is 13.2. The third-order valence-corrected chi connectivity index (χ3v) is 4.97. The standard InChI is InChI=1S/C19H22N2O4S/c1-3-12-20(13-15-6-4-5-7-18(15)22)19(23)14(2)26-17-10-8-16(9-11-17)21(24)25/h4-11,14,22H,3,12-13H2,1-2H3. The summed E-state index contributed by atoms with van der Waals surface area (Å²) >= 11 is 1.36. The molecule has 138 valence electrons. The number of para-hydroxylation sites is 1. The zero-order valence-corrected chi connectivity index (χ0v) is 15.6. The zero-order chi connectivity index (χ0) is 19.1. The summed E-state index contributed by atoms with van der Waals surface area (Å²) in [6.45, 7) is 4.77. The van der Waals surface area contributed by atoms with Crippen LogP contribution in [0, 0.1) is 10.1 Å². The summed E-state index contributed by atoms with van der Waals surface area (Å²) < 4.78 is 0. The summed E-state index contributed by atoms with van der Waals surface area (Å²) in [4.78, 5) is 25.7. The highest BCUT2D eigenvalue weighted by atomic mass is 32.2. The number of nitro groups is 1. The Bertz CT molecular complexity index is 764. The van der Waals surface area contributed by atoms with Crippen LogP contribution in [0.25, 0.3) is 0 Å². The van der Waals surface area contributed by atoms with Crippen LogP contribution in [0.1, 0.15) is 25.8 Å². The van der Waals surface area contributed by atoms with Gasteiger partial charge in [0.05, 0.1) is 10.2 Å². The van der Waals surface area contributed by atoms with Crippen molar-refractivity contribution in [2.75, 3.05) is 6.54 Å². The average molecular weight is 374 g/mol. The first-order valence-corrected chi connectivity index (χ1v) is 9.27. The number of nitrogens with zero attached hydrogens (tertiary/aromatic N) is 2. The number of phenols is 1. The number of carbonyl (C=O) groups excluding carboxylic acids is 1. The first-order valence-electron chi connectivity index (χ1n) is 8.39. The fourth-order valence-corrected chi connectivity index (χ4v) is 3.50. The average Bonchev–Trinajstić information content (AvgIpc) is 2.63. The molecule has 0 spiro atoms. The van der Waals surface area contributed by atoms with E-state index in [4.69, 9.17) is 0 Å². The number of hydrogen-bond donors (Lipinski definition) is 1. The molecular weight excluding hydrogens is 352 g/mol. The molecule has 2 rings (SSSR count). The zero-order valence-electron chi connectivity index (χ0n) is 14.8. The quantitative estimate of drug-likeness (QED) is 0.425. The number of carbonyl (C=O) groups is 1. The van der Waals surface area contributed by atoms with E-state index >= 15 is 0 Å². The Morgan fingerprint density at radius 1 is 1.23 bits per heavy atom. The number of non-ortho nitro benzene ring substituents is 1. The number of aromatic hydroxyl groups is 1. The number of thioether (sulfide) groups is 1. The normalized spacial score (nSPS) is 11.8. The van der Waals surface area contributed by atoms with Crippen molar-refractivity contribution < 1.29 is 14.8 Å². The maximum atomic E-state index is 12.8. The monoisotopic (exact) mass is 374 g/mol. The molecular formula is C19H22N2O4S. The first kappa shape index (κ1) is 19.8. The Morgan fingerprint density at radius 2 is 1.88 bits per heavy atom. The second-order valence-corrected chi connectivity index (χ2v) is 7.31. The summed E-state index contributed by atoms with van der Waals surface area (Å²) in [6.07, 6.45) is 0.814. The third-order valence-electron chi connectivity index (χ3n) is 3.87. The van der Waals surface area contributed by atoms with Gasteiger partial charge in [-0.05, 0) is 31.5 Å². The Hall–Kier alpha value is -2.54. The van der Waals surface area contributed by atoms with Gasteiger partial charge in [0, 0.05) is 35.7 Å². The van der Waals surface area contributed by atoms with Crippen LogP contribution in [-0.2, 0) is 11.3 Å². The van der Waals surface area contributed by atoms with E-state index in [2.05, 4.69) is 0 Å². The molecule has 0 aliphatic heterocycles. The van der Waals surface area contributed by atoms with E-state index in [1.54, 1.807) is 35.2 Å². The van der Waals surface area contributed by atoms with Crippen LogP contribution in [0.4, 0.5) is 5.69 Å². The Kier molecular flexibility index (Phi) is 7.03. The Labute approximate surface area is 157 Å². The summed E-state index contributed by atoms with van der Waals surface area (Å²) in [5.41, 5.74) is 0.738. The van der Waals surface area contributed by atoms with E-state index in [0.717, 1.165) is 11.3 Å². The highest BCUT2D eigenvalue weighted by Crippen LogP contribution is 2.27. The predicted octanol–water partition coefficient (Wildman–Crippen LogP) is 4.22. The molecule has 0 saturated carbocycles. The number of benzene rings is 2. The molecule has 0 bridgehead atoms. The first-order chi connectivity index (χ1) is 12.4. The molecule has 1 unspecified atom stereocenters. The van der Waals surface area contributed by atoms with Crippen LogP contribution in [0.3, 0.4) is 0 Å². The summed E-state index contributed by atoms with van der Waals surface area (Å²) in [5, 5.41) is 20.3. The van der Waals surface area contributed by atoms with Crippen LogP contribution in [0.2, 0.25) is 0 Å². The minimum Gasteiger partial charge on any atom is -0.508 e. The van der Waals surface area contributed by atoms with E-state index < -0.39 is 4.92 Å². The molecule has 1 N–H and O–H groups in total. The predicted molar refractivity (Wildman–Crippen MR) is 102 cm³/mol. The van der Waals surface area contributed by atoms with Gasteiger partial charge in [-0.2, -0.15) is 0 Å². The van der Waals surface area contributed by atoms with Gasteiger partial charge in [0.2, 0.25) is 5.91 Å². The topological polar surface area (TPSA) is 83.7 Å². The van der Waals surface area contributed by atoms with E-state index in [1.807, 2.05) is 19.9 Å². The van der Waals surface area contributed by atoms with Crippen LogP contribution in [0.15, 0.2) is 53.4 Å². The van der Waals surface area contributed by atoms with Gasteiger partial charge in [-0.1, -0.05) is 25.1 Å². The minimum absolute atomic E-state index is 0.0282. The van der Waals surface area contributed by atoms with Crippen LogP contribution in [0.5, 0.6) is 5.75 Å². The Balaban J connectivity index is 2.07. The largest absolute Gasteiger partial charge is 0.508 e. The second-order valence-electron chi connectivity index (χ2n) is 5.90. The molecule has 1 atom stereocenters. The van der Waals surface area contributed by atoms with Gasteiger partial charge in [0.1, 0.15) is 5.75 Å². The van der Waals surface area contributed by atoms with E-state index in [0.29, 0.717) is 18.7 Å². The fraction of sp³-hybridized carbons (Fsp3) is 0.316. The van der Waals surface area contributed by atoms with E-state index in [9.17, 15) is 20.0 Å². The van der Waals surface area contributed by atoms with Crippen molar-refractivity contribution in [3.05, 3.63) is 64.2 Å². The molecule has 0 heterocycles. The lowest BCUT2D eigenvalue weighted by atomic mass is 10.2. The number of phenolic OH excluding ortho intramolecular Hbond substituents is 1. The molecule has 1 amide bonds. The maximum Gasteiger partial charge on any atom is 0.269 e. The number of hydrogen-bond acceptors (Lipinski definition) is 5. The van der Waals surface area contributed by atoms with Gasteiger partial charge >= 0.3 is 0 Å². The van der Waals surface area contributed by atoms with Gasteiger partial charge in [0.25, 0.3) is 5.69 Å². The highest BCUT2D eigenvalue weighted by Gasteiger charge is 2.22. The molecule has 2 aromatic carbocycles. The molecule has 2 aromatic rings. The summed E-state index contributed by atoms with van der Waals surface area (Å²) in [5.74, 6) is 0.149. The summed E-state index contributed by atoms with van der Waals surface area (Å²) in [7, 11) is 0. The molecule has 6 nitrogen and oxygen atoms in total. The van der Waals surface area contributed by atoms with Crippen molar-refractivity contribution in [1.82, 2.24) is 4.90 Å². The lowest BCUT2D eigenvalue weighted by Gasteiger charge is -2.25. The van der Waals surface area contributed by atoms with Gasteiger partial charge in [-0.25, -0.2) is 0 Å². The van der Waals surface area contributed by atoms with Gasteiger partial charge in [0.15, 0.2) is 0 Å². The smallest absolute Gasteiger partial charge is 0.269 e. The minimum atomic E-state index is -0.446. The molecule has 7 heteroatoms. The SMILES string of the molecule is CCCN(Cc1ccccc1O)C(=O)C(C)Sc1ccc([N+](=O)[O-])cc1. The van der Waals surface area contributed by atoms with Gasteiger partial charge in [-0.3, -0.25) is 14.9 Å². The molecule has 0 aliphatic carbocycles. The van der Waals surface area contributed by atoms with E-state index in [-0.39, 0.29) is 22.6 Å². The van der Waals surface area contributed by atoms with Crippen LogP contribution < -0.4 is 0 Å². The molecule has 0 fully saturated rings. The van der Waals surface area contributed by atoms with Crippen molar-refractivity contribution in [2.45, 2.75) is 37.0 Å². The van der Waals surface area contributed by atoms with E-state index in [1.165, 1.54) is 23.9 Å². The number of amides is 1. The molecule has 26 heavy (non-hydrogen) atoms. The molecule has 0 radical (unpaired) electrons. The van der Waals surface area contributed by atoms with Crippen LogP contribution >= 0.6 is 11.8 Å². The third kappa shape index (κ3) is 5.23. The van der Waals surface area contributed by atoms with Crippen molar-refractivity contribution in [1.29, 1.82) is 0 Å². The molecule has 0 saturated heterocycles. The van der Waals surface area contributed by atoms with Crippen molar-refractivity contribution in [3.8, 4) is 5.75 Å². The Morgan fingerprint density at radius 3 is 2.46 bits per heavy atom. The number of nitro benzene ring substituents is 1. The molecule has 0 aromatic heterocycles. The second kappa shape index (κ2) is 9.24. The fourth-order valence-electron chi connectivity index (χ4n) is 2.55. The molecule has 0 aliphatic rings. The maximum absolute atomic E-state index is 12.8. The lowest BCUT2D eigenvalue weighted by Crippen LogP contribution is -2.36.